The first-order valence-corrected chi connectivity index (χ1v) is 8.79. The van der Waals surface area contributed by atoms with Gasteiger partial charge < -0.3 is 15.4 Å². The minimum Gasteiger partial charge on any atom is -0.379 e. The van der Waals surface area contributed by atoms with Crippen LogP contribution in [-0.2, 0) is 4.74 Å². The molecule has 2 aromatic rings. The molecule has 124 valence electrons. The Hall–Kier alpha value is -1.85. The van der Waals surface area contributed by atoms with Gasteiger partial charge in [-0.05, 0) is 37.3 Å². The Labute approximate surface area is 141 Å². The molecule has 1 atom stereocenters. The number of hydrogen-bond donors (Lipinski definition) is 2. The predicted octanol–water partition coefficient (Wildman–Crippen LogP) is 3.95. The molecule has 2 rings (SSSR count). The standard InChI is InChI=1S/C18H24N2O2S/c1-14(2)22-12-7-11-19-18(21)20-17(16-10-6-13-23-16)15-8-4-3-5-9-15/h3-6,8-10,13-14,17H,7,11-12H2,1-2H3,(H2,19,20,21). The number of rotatable bonds is 8. The van der Waals surface area contributed by atoms with Crippen LogP contribution in [0.25, 0.3) is 0 Å². The largest absolute Gasteiger partial charge is 0.379 e. The van der Waals surface area contributed by atoms with E-state index in [1.165, 1.54) is 0 Å². The lowest BCUT2D eigenvalue weighted by Gasteiger charge is -2.18. The van der Waals surface area contributed by atoms with Crippen LogP contribution in [0, 0.1) is 0 Å². The van der Waals surface area contributed by atoms with E-state index in [-0.39, 0.29) is 18.2 Å². The Morgan fingerprint density at radius 2 is 1.96 bits per heavy atom. The van der Waals surface area contributed by atoms with Crippen molar-refractivity contribution in [3.8, 4) is 0 Å². The highest BCUT2D eigenvalue weighted by atomic mass is 32.1. The number of nitrogens with one attached hydrogen (secondary N) is 2. The highest BCUT2D eigenvalue weighted by Gasteiger charge is 2.17. The average molecular weight is 332 g/mol. The second kappa shape index (κ2) is 9.33. The molecule has 0 saturated heterocycles. The lowest BCUT2D eigenvalue weighted by Crippen LogP contribution is -2.38. The van der Waals surface area contributed by atoms with Gasteiger partial charge in [0.05, 0.1) is 12.1 Å². The maximum atomic E-state index is 12.2. The van der Waals surface area contributed by atoms with Crippen LogP contribution in [0.4, 0.5) is 4.79 Å². The van der Waals surface area contributed by atoms with Crippen molar-refractivity contribution < 1.29 is 9.53 Å². The van der Waals surface area contributed by atoms with E-state index >= 15 is 0 Å². The van der Waals surface area contributed by atoms with Crippen LogP contribution < -0.4 is 10.6 Å². The zero-order valence-electron chi connectivity index (χ0n) is 13.6. The summed E-state index contributed by atoms with van der Waals surface area (Å²) in [6.45, 7) is 5.27. The maximum Gasteiger partial charge on any atom is 0.315 e. The van der Waals surface area contributed by atoms with Crippen molar-refractivity contribution in [1.29, 1.82) is 0 Å². The summed E-state index contributed by atoms with van der Waals surface area (Å²) in [4.78, 5) is 13.3. The number of ether oxygens (including phenoxy) is 1. The second-order valence-electron chi connectivity index (χ2n) is 5.53. The number of thiophene rings is 1. The van der Waals surface area contributed by atoms with E-state index in [4.69, 9.17) is 4.74 Å². The van der Waals surface area contributed by atoms with E-state index in [0.29, 0.717) is 13.2 Å². The van der Waals surface area contributed by atoms with Gasteiger partial charge in [0.25, 0.3) is 0 Å². The first kappa shape index (κ1) is 17.5. The number of carbonyl (C=O) groups is 1. The van der Waals surface area contributed by atoms with Crippen molar-refractivity contribution in [3.63, 3.8) is 0 Å². The van der Waals surface area contributed by atoms with E-state index in [1.54, 1.807) is 11.3 Å². The number of hydrogen-bond acceptors (Lipinski definition) is 3. The van der Waals surface area contributed by atoms with Crippen molar-refractivity contribution >= 4 is 17.4 Å². The summed E-state index contributed by atoms with van der Waals surface area (Å²) in [5.41, 5.74) is 1.08. The Bertz CT molecular complexity index is 570. The molecule has 0 saturated carbocycles. The fraction of sp³-hybridized carbons (Fsp3) is 0.389. The van der Waals surface area contributed by atoms with Gasteiger partial charge in [0.1, 0.15) is 0 Å². The number of carbonyl (C=O) groups excluding carboxylic acids is 1. The lowest BCUT2D eigenvalue weighted by molar-refractivity contribution is 0.0774. The Kier molecular flexibility index (Phi) is 7.10. The third kappa shape index (κ3) is 6.04. The van der Waals surface area contributed by atoms with Crippen LogP contribution in [0.5, 0.6) is 0 Å². The van der Waals surface area contributed by atoms with Gasteiger partial charge in [0.2, 0.25) is 0 Å². The summed E-state index contributed by atoms with van der Waals surface area (Å²) in [7, 11) is 0. The zero-order chi connectivity index (χ0) is 16.5. The molecule has 0 aliphatic rings. The van der Waals surface area contributed by atoms with Gasteiger partial charge in [-0.25, -0.2) is 4.79 Å². The molecule has 2 N–H and O–H groups in total. The van der Waals surface area contributed by atoms with Gasteiger partial charge in [-0.15, -0.1) is 11.3 Å². The first-order valence-electron chi connectivity index (χ1n) is 7.91. The van der Waals surface area contributed by atoms with Gasteiger partial charge in [-0.2, -0.15) is 0 Å². The molecule has 2 amide bonds. The molecule has 0 bridgehead atoms. The molecule has 1 aromatic carbocycles. The van der Waals surface area contributed by atoms with Crippen LogP contribution >= 0.6 is 11.3 Å². The average Bonchev–Trinajstić information content (AvgIpc) is 3.07. The SMILES string of the molecule is CC(C)OCCCNC(=O)NC(c1ccccc1)c1cccs1. The Balaban J connectivity index is 1.87. The van der Waals surface area contributed by atoms with Gasteiger partial charge in [-0.1, -0.05) is 36.4 Å². The van der Waals surface area contributed by atoms with Gasteiger partial charge in [0.15, 0.2) is 0 Å². The highest BCUT2D eigenvalue weighted by molar-refractivity contribution is 7.10. The summed E-state index contributed by atoms with van der Waals surface area (Å²) in [5, 5.41) is 7.97. The molecule has 0 radical (unpaired) electrons. The molecule has 4 nitrogen and oxygen atoms in total. The third-order valence-electron chi connectivity index (χ3n) is 3.29. The highest BCUT2D eigenvalue weighted by Crippen LogP contribution is 2.25. The van der Waals surface area contributed by atoms with E-state index in [2.05, 4.69) is 10.6 Å². The lowest BCUT2D eigenvalue weighted by atomic mass is 10.1. The van der Waals surface area contributed by atoms with Crippen molar-refractivity contribution in [2.45, 2.75) is 32.4 Å². The molecule has 23 heavy (non-hydrogen) atoms. The first-order chi connectivity index (χ1) is 11.2. The van der Waals surface area contributed by atoms with Crippen LogP contribution in [0.1, 0.15) is 36.8 Å². The smallest absolute Gasteiger partial charge is 0.315 e. The molecule has 0 fully saturated rings. The molecule has 0 aliphatic carbocycles. The number of benzene rings is 1. The van der Waals surface area contributed by atoms with E-state index in [0.717, 1.165) is 16.9 Å². The summed E-state index contributed by atoms with van der Waals surface area (Å²) in [5.74, 6) is 0. The Morgan fingerprint density at radius 1 is 1.17 bits per heavy atom. The van der Waals surface area contributed by atoms with Crippen LogP contribution in [-0.4, -0.2) is 25.3 Å². The van der Waals surface area contributed by atoms with Gasteiger partial charge in [0, 0.05) is 18.0 Å². The normalized spacial score (nSPS) is 12.1. The van der Waals surface area contributed by atoms with Crippen LogP contribution in [0.2, 0.25) is 0 Å². The molecule has 1 aromatic heterocycles. The fourth-order valence-corrected chi connectivity index (χ4v) is 3.00. The summed E-state index contributed by atoms with van der Waals surface area (Å²) in [6.07, 6.45) is 1.03. The van der Waals surface area contributed by atoms with E-state index in [9.17, 15) is 4.79 Å². The quantitative estimate of drug-likeness (QED) is 0.719. The van der Waals surface area contributed by atoms with Crippen molar-refractivity contribution in [1.82, 2.24) is 10.6 Å². The minimum absolute atomic E-state index is 0.122. The number of amides is 2. The minimum atomic E-state index is -0.156. The summed E-state index contributed by atoms with van der Waals surface area (Å²) < 4.78 is 5.46. The topological polar surface area (TPSA) is 50.4 Å². The predicted molar refractivity (Wildman–Crippen MR) is 94.8 cm³/mol. The van der Waals surface area contributed by atoms with Crippen molar-refractivity contribution in [2.75, 3.05) is 13.2 Å². The molecule has 1 heterocycles. The zero-order valence-corrected chi connectivity index (χ0v) is 14.4. The summed E-state index contributed by atoms with van der Waals surface area (Å²) in [6, 6.07) is 13.8. The number of urea groups is 1. The Morgan fingerprint density at radius 3 is 2.61 bits per heavy atom. The molecule has 1 unspecified atom stereocenters. The maximum absolute atomic E-state index is 12.2. The molecular weight excluding hydrogens is 308 g/mol. The van der Waals surface area contributed by atoms with Crippen molar-refractivity contribution in [2.24, 2.45) is 0 Å². The van der Waals surface area contributed by atoms with Crippen LogP contribution in [0.15, 0.2) is 47.8 Å². The second-order valence-corrected chi connectivity index (χ2v) is 6.51. The third-order valence-corrected chi connectivity index (χ3v) is 4.23. The van der Waals surface area contributed by atoms with E-state index < -0.39 is 0 Å². The summed E-state index contributed by atoms with van der Waals surface area (Å²) >= 11 is 1.64. The van der Waals surface area contributed by atoms with Gasteiger partial charge in [-0.3, -0.25) is 0 Å². The molecule has 0 aliphatic heterocycles. The van der Waals surface area contributed by atoms with E-state index in [1.807, 2.05) is 61.7 Å². The fourth-order valence-electron chi connectivity index (χ4n) is 2.19. The molecule has 0 spiro atoms. The van der Waals surface area contributed by atoms with Crippen LogP contribution in [0.3, 0.4) is 0 Å². The van der Waals surface area contributed by atoms with Gasteiger partial charge >= 0.3 is 6.03 Å². The monoisotopic (exact) mass is 332 g/mol. The molecular formula is C18H24N2O2S. The van der Waals surface area contributed by atoms with Crippen molar-refractivity contribution in [3.05, 3.63) is 58.3 Å². The molecule has 5 heteroatoms.